The molecule has 0 amide bonds. The lowest BCUT2D eigenvalue weighted by Gasteiger charge is -2.13. The van der Waals surface area contributed by atoms with E-state index < -0.39 is 10.8 Å². The van der Waals surface area contributed by atoms with Gasteiger partial charge in [0.05, 0.1) is 12.1 Å². The topological polar surface area (TPSA) is 86.7 Å². The number of rotatable bonds is 5. The Morgan fingerprint density at radius 2 is 2.20 bits per heavy atom. The summed E-state index contributed by atoms with van der Waals surface area (Å²) in [5.41, 5.74) is 5.73. The lowest BCUT2D eigenvalue weighted by atomic mass is 10.2. The molecule has 1 aromatic heterocycles. The van der Waals surface area contributed by atoms with Crippen LogP contribution in [0.3, 0.4) is 0 Å². The van der Waals surface area contributed by atoms with Crippen LogP contribution in [-0.4, -0.2) is 36.4 Å². The van der Waals surface area contributed by atoms with E-state index in [4.69, 9.17) is 5.73 Å². The quantitative estimate of drug-likeness (QED) is 0.772. The minimum Gasteiger partial charge on any atom is -0.322 e. The van der Waals surface area contributed by atoms with Crippen LogP contribution in [0.2, 0.25) is 0 Å². The van der Waals surface area contributed by atoms with Crippen LogP contribution < -0.4 is 5.73 Å². The number of hydrogen-bond acceptors (Lipinski definition) is 5. The third-order valence-electron chi connectivity index (χ3n) is 2.17. The molecule has 15 heavy (non-hydrogen) atoms. The van der Waals surface area contributed by atoms with Gasteiger partial charge >= 0.3 is 0 Å². The van der Waals surface area contributed by atoms with Crippen LogP contribution in [0.15, 0.2) is 0 Å². The fraction of sp³-hybridized carbons (Fsp3) is 0.875. The van der Waals surface area contributed by atoms with E-state index >= 15 is 0 Å². The van der Waals surface area contributed by atoms with E-state index in [0.29, 0.717) is 11.6 Å². The van der Waals surface area contributed by atoms with Crippen molar-refractivity contribution in [1.82, 2.24) is 20.2 Å². The maximum Gasteiger partial charge on any atom is 0.167 e. The monoisotopic (exact) mass is 231 g/mol. The van der Waals surface area contributed by atoms with E-state index in [9.17, 15) is 4.21 Å². The fourth-order valence-electron chi connectivity index (χ4n) is 1.27. The van der Waals surface area contributed by atoms with Gasteiger partial charge in [-0.3, -0.25) is 4.21 Å². The van der Waals surface area contributed by atoms with Crippen LogP contribution >= 0.6 is 0 Å². The molecule has 2 N–H and O–H groups in total. The van der Waals surface area contributed by atoms with Gasteiger partial charge in [-0.25, -0.2) is 4.68 Å². The molecule has 0 saturated carbocycles. The molecule has 0 radical (unpaired) electrons. The van der Waals surface area contributed by atoms with Gasteiger partial charge in [0, 0.05) is 22.8 Å². The van der Waals surface area contributed by atoms with E-state index in [-0.39, 0.29) is 12.1 Å². The summed E-state index contributed by atoms with van der Waals surface area (Å²) in [5.74, 6) is 1.32. The second kappa shape index (κ2) is 5.32. The smallest absolute Gasteiger partial charge is 0.167 e. The Balaban J connectivity index is 2.68. The summed E-state index contributed by atoms with van der Waals surface area (Å²) in [6, 6.07) is -0.0560. The summed E-state index contributed by atoms with van der Waals surface area (Å²) in [6.07, 6.45) is 2.48. The average Bonchev–Trinajstić information content (AvgIpc) is 2.62. The van der Waals surface area contributed by atoms with Gasteiger partial charge in [-0.2, -0.15) is 0 Å². The highest BCUT2D eigenvalue weighted by Crippen LogP contribution is 2.14. The summed E-state index contributed by atoms with van der Waals surface area (Å²) in [6.45, 7) is 3.84. The molecule has 0 aliphatic rings. The molecule has 0 saturated heterocycles. The molecule has 6 nitrogen and oxygen atoms in total. The standard InChI is InChI=1S/C8H17N5OS/c1-6(4-5-15(3)14)13-8(7(2)9)10-11-12-13/h6-7H,4-5,9H2,1-3H3. The number of tetrazole rings is 1. The zero-order valence-electron chi connectivity index (χ0n) is 9.25. The molecule has 1 heterocycles. The van der Waals surface area contributed by atoms with Crippen LogP contribution in [0, 0.1) is 0 Å². The Hall–Kier alpha value is -0.820. The minimum absolute atomic E-state index is 0.130. The fourth-order valence-corrected chi connectivity index (χ4v) is 1.95. The van der Waals surface area contributed by atoms with Crippen molar-refractivity contribution < 1.29 is 4.21 Å². The van der Waals surface area contributed by atoms with E-state index in [1.807, 2.05) is 13.8 Å². The van der Waals surface area contributed by atoms with Crippen molar-refractivity contribution in [2.45, 2.75) is 32.4 Å². The molecule has 0 aromatic carbocycles. The molecule has 86 valence electrons. The summed E-state index contributed by atoms with van der Waals surface area (Å²) >= 11 is 0. The SMILES string of the molecule is CC(N)c1nnnn1C(C)CCS(C)=O. The second-order valence-corrected chi connectivity index (χ2v) is 5.24. The van der Waals surface area contributed by atoms with Gasteiger partial charge in [0.1, 0.15) is 0 Å². The number of hydrogen-bond donors (Lipinski definition) is 1. The van der Waals surface area contributed by atoms with Crippen LogP contribution in [0.25, 0.3) is 0 Å². The third-order valence-corrected chi connectivity index (χ3v) is 2.98. The maximum absolute atomic E-state index is 11.0. The molecule has 3 atom stereocenters. The van der Waals surface area contributed by atoms with Gasteiger partial charge in [0.2, 0.25) is 0 Å². The van der Waals surface area contributed by atoms with Crippen molar-refractivity contribution in [3.8, 4) is 0 Å². The first-order chi connectivity index (χ1) is 7.02. The second-order valence-electron chi connectivity index (χ2n) is 3.69. The Kier molecular flexibility index (Phi) is 4.34. The summed E-state index contributed by atoms with van der Waals surface area (Å²) in [4.78, 5) is 0. The van der Waals surface area contributed by atoms with Crippen molar-refractivity contribution in [2.75, 3.05) is 12.0 Å². The maximum atomic E-state index is 11.0. The highest BCUT2D eigenvalue weighted by atomic mass is 32.2. The summed E-state index contributed by atoms with van der Waals surface area (Å²) in [7, 11) is -0.778. The van der Waals surface area contributed by atoms with Crippen LogP contribution in [0.5, 0.6) is 0 Å². The Morgan fingerprint density at radius 1 is 1.53 bits per heavy atom. The number of aromatic nitrogens is 4. The van der Waals surface area contributed by atoms with Crippen LogP contribution in [0.4, 0.5) is 0 Å². The molecular weight excluding hydrogens is 214 g/mol. The van der Waals surface area contributed by atoms with E-state index in [2.05, 4.69) is 15.5 Å². The first kappa shape index (κ1) is 12.3. The predicted octanol–water partition coefficient (Wildman–Crippen LogP) is 0.0224. The van der Waals surface area contributed by atoms with Gasteiger partial charge in [-0.1, -0.05) is 0 Å². The van der Waals surface area contributed by atoms with Crippen molar-refractivity contribution in [3.63, 3.8) is 0 Å². The van der Waals surface area contributed by atoms with E-state index in [1.165, 1.54) is 0 Å². The van der Waals surface area contributed by atoms with E-state index in [1.54, 1.807) is 10.9 Å². The van der Waals surface area contributed by atoms with Gasteiger partial charge in [-0.15, -0.1) is 5.10 Å². The van der Waals surface area contributed by atoms with Crippen molar-refractivity contribution in [2.24, 2.45) is 5.73 Å². The van der Waals surface area contributed by atoms with Crippen molar-refractivity contribution in [3.05, 3.63) is 5.82 Å². The number of nitrogens with zero attached hydrogens (tertiary/aromatic N) is 4. The molecule has 7 heteroatoms. The normalized spacial score (nSPS) is 17.3. The average molecular weight is 231 g/mol. The zero-order chi connectivity index (χ0) is 11.4. The van der Waals surface area contributed by atoms with Crippen LogP contribution in [-0.2, 0) is 10.8 Å². The number of nitrogens with two attached hydrogens (primary N) is 1. The highest BCUT2D eigenvalue weighted by Gasteiger charge is 2.15. The van der Waals surface area contributed by atoms with Gasteiger partial charge in [0.25, 0.3) is 0 Å². The predicted molar refractivity (Wildman–Crippen MR) is 58.7 cm³/mol. The lowest BCUT2D eigenvalue weighted by Crippen LogP contribution is -2.18. The van der Waals surface area contributed by atoms with Crippen molar-refractivity contribution >= 4 is 10.8 Å². The Morgan fingerprint density at radius 3 is 2.73 bits per heavy atom. The summed E-state index contributed by atoms with van der Waals surface area (Å²) in [5, 5.41) is 11.4. The summed E-state index contributed by atoms with van der Waals surface area (Å²) < 4.78 is 12.7. The van der Waals surface area contributed by atoms with Gasteiger partial charge < -0.3 is 5.73 Å². The molecule has 1 aromatic rings. The van der Waals surface area contributed by atoms with Crippen LogP contribution in [0.1, 0.15) is 38.2 Å². The molecule has 0 fully saturated rings. The molecule has 0 aliphatic heterocycles. The molecule has 0 spiro atoms. The molecule has 0 bridgehead atoms. The minimum atomic E-state index is -0.778. The van der Waals surface area contributed by atoms with E-state index in [0.717, 1.165) is 6.42 Å². The first-order valence-corrected chi connectivity index (χ1v) is 6.58. The third kappa shape index (κ3) is 3.35. The lowest BCUT2D eigenvalue weighted by molar-refractivity contribution is 0.439. The molecular formula is C8H17N5OS. The zero-order valence-corrected chi connectivity index (χ0v) is 10.1. The molecule has 3 unspecified atom stereocenters. The van der Waals surface area contributed by atoms with Gasteiger partial charge in [0.15, 0.2) is 5.82 Å². The molecule has 1 rings (SSSR count). The highest BCUT2D eigenvalue weighted by molar-refractivity contribution is 7.84. The Bertz CT molecular complexity index is 338. The Labute approximate surface area is 91.7 Å². The van der Waals surface area contributed by atoms with Gasteiger partial charge in [-0.05, 0) is 30.7 Å². The first-order valence-electron chi connectivity index (χ1n) is 4.85. The molecule has 0 aliphatic carbocycles. The van der Waals surface area contributed by atoms with Crippen molar-refractivity contribution in [1.29, 1.82) is 0 Å². The largest absolute Gasteiger partial charge is 0.322 e.